The van der Waals surface area contributed by atoms with Gasteiger partial charge in [0, 0.05) is 43.5 Å². The van der Waals surface area contributed by atoms with Crippen LogP contribution in [-0.4, -0.2) is 54.0 Å². The topological polar surface area (TPSA) is 102 Å². The monoisotopic (exact) mass is 392 g/mol. The van der Waals surface area contributed by atoms with E-state index in [0.29, 0.717) is 41.6 Å². The minimum Gasteiger partial charge on any atom is -0.358 e. The number of carbonyl (C=O) groups is 2. The fourth-order valence-corrected chi connectivity index (χ4v) is 4.41. The number of fused-ring (bicyclic) bond motifs is 4. The highest BCUT2D eigenvalue weighted by atomic mass is 16.2. The molecule has 3 aliphatic rings. The zero-order valence-electron chi connectivity index (χ0n) is 16.3. The smallest absolute Gasteiger partial charge is 0.256 e. The minimum absolute atomic E-state index is 0.144. The number of nitrogens with one attached hydrogen (secondary N) is 4. The van der Waals surface area contributed by atoms with E-state index in [9.17, 15) is 9.59 Å². The molecule has 1 fully saturated rings. The van der Waals surface area contributed by atoms with Crippen LogP contribution in [0.5, 0.6) is 0 Å². The van der Waals surface area contributed by atoms with E-state index in [1.165, 1.54) is 0 Å². The molecule has 150 valence electrons. The summed E-state index contributed by atoms with van der Waals surface area (Å²) in [5, 5.41) is 9.31. The summed E-state index contributed by atoms with van der Waals surface area (Å²) in [5.74, 6) is 0.568. The highest BCUT2D eigenvalue weighted by Gasteiger charge is 2.30. The van der Waals surface area contributed by atoms with E-state index in [4.69, 9.17) is 0 Å². The Balaban J connectivity index is 1.63. The first-order valence-corrected chi connectivity index (χ1v) is 10.1. The van der Waals surface area contributed by atoms with Crippen LogP contribution < -0.4 is 20.9 Å². The molecule has 0 spiro atoms. The van der Waals surface area contributed by atoms with E-state index < -0.39 is 0 Å². The number of anilines is 2. The summed E-state index contributed by atoms with van der Waals surface area (Å²) in [6, 6.07) is 4.16. The largest absolute Gasteiger partial charge is 0.358 e. The minimum atomic E-state index is -0.179. The normalized spacial score (nSPS) is 23.3. The summed E-state index contributed by atoms with van der Waals surface area (Å²) < 4.78 is 0. The molecule has 5 rings (SSSR count). The van der Waals surface area contributed by atoms with Crippen molar-refractivity contribution in [2.75, 3.05) is 36.4 Å². The second-order valence-electron chi connectivity index (χ2n) is 7.83. The van der Waals surface area contributed by atoms with Crippen molar-refractivity contribution in [2.24, 2.45) is 0 Å². The number of carbonyl (C=O) groups excluding carboxylic acids is 2. The highest BCUT2D eigenvalue weighted by Crippen LogP contribution is 2.36. The SMILES string of the molecule is Cc1cc2c([nH]1)/C=C1\C(=O)Nc3cnc(cc31)N1CCC[C@@H]1CNCCNC2=O. The number of amides is 2. The lowest BCUT2D eigenvalue weighted by atomic mass is 10.1. The summed E-state index contributed by atoms with van der Waals surface area (Å²) >= 11 is 0. The van der Waals surface area contributed by atoms with E-state index in [1.54, 1.807) is 12.3 Å². The Hall–Kier alpha value is -3.13. The molecule has 0 saturated carbocycles. The van der Waals surface area contributed by atoms with Crippen LogP contribution in [0.15, 0.2) is 18.3 Å². The third kappa shape index (κ3) is 3.19. The molecule has 3 aliphatic heterocycles. The first-order valence-electron chi connectivity index (χ1n) is 10.1. The molecule has 8 heteroatoms. The van der Waals surface area contributed by atoms with Gasteiger partial charge < -0.3 is 25.8 Å². The Labute approximate surface area is 168 Å². The third-order valence-electron chi connectivity index (χ3n) is 5.83. The van der Waals surface area contributed by atoms with Crippen molar-refractivity contribution in [3.63, 3.8) is 0 Å². The van der Waals surface area contributed by atoms with Crippen LogP contribution in [0.3, 0.4) is 0 Å². The van der Waals surface area contributed by atoms with Crippen molar-refractivity contribution >= 4 is 35.0 Å². The van der Waals surface area contributed by atoms with Gasteiger partial charge in [0.1, 0.15) is 5.82 Å². The maximum atomic E-state index is 12.7. The number of aromatic amines is 1. The van der Waals surface area contributed by atoms with Gasteiger partial charge in [-0.05, 0) is 38.0 Å². The van der Waals surface area contributed by atoms with Crippen LogP contribution in [0.2, 0.25) is 0 Å². The number of H-pyrrole nitrogens is 1. The predicted molar refractivity (Wildman–Crippen MR) is 112 cm³/mol. The van der Waals surface area contributed by atoms with E-state index >= 15 is 0 Å². The summed E-state index contributed by atoms with van der Waals surface area (Å²) in [5.41, 5.74) is 4.13. The van der Waals surface area contributed by atoms with Crippen molar-refractivity contribution in [1.82, 2.24) is 20.6 Å². The lowest BCUT2D eigenvalue weighted by Crippen LogP contribution is -2.41. The number of hydrogen-bond donors (Lipinski definition) is 4. The number of aromatic nitrogens is 2. The van der Waals surface area contributed by atoms with Crippen molar-refractivity contribution in [3.8, 4) is 0 Å². The van der Waals surface area contributed by atoms with Crippen LogP contribution in [0.25, 0.3) is 11.6 Å². The molecule has 2 bridgehead atoms. The van der Waals surface area contributed by atoms with Crippen molar-refractivity contribution in [1.29, 1.82) is 0 Å². The van der Waals surface area contributed by atoms with Gasteiger partial charge in [-0.1, -0.05) is 0 Å². The fraction of sp³-hybridized carbons (Fsp3) is 0.381. The van der Waals surface area contributed by atoms with Gasteiger partial charge in [-0.15, -0.1) is 0 Å². The molecule has 1 saturated heterocycles. The third-order valence-corrected chi connectivity index (χ3v) is 5.83. The molecule has 0 radical (unpaired) electrons. The van der Waals surface area contributed by atoms with Gasteiger partial charge in [-0.2, -0.15) is 0 Å². The van der Waals surface area contributed by atoms with Crippen LogP contribution in [-0.2, 0) is 4.79 Å². The average Bonchev–Trinajstić information content (AvgIpc) is 3.39. The Morgan fingerprint density at radius 1 is 1.14 bits per heavy atom. The lowest BCUT2D eigenvalue weighted by Gasteiger charge is -2.26. The molecule has 4 N–H and O–H groups in total. The summed E-state index contributed by atoms with van der Waals surface area (Å²) in [7, 11) is 0. The van der Waals surface area contributed by atoms with Crippen molar-refractivity contribution in [3.05, 3.63) is 40.8 Å². The standard InChI is InChI=1S/C21H24N6O2/c1-12-7-16-17(25-12)8-15-14-9-19(24-11-18(14)26-21(15)29)27-6-2-3-13(27)10-22-4-5-23-20(16)28/h7-9,11,13,22,25H,2-6,10H2,1H3,(H,23,28)(H,26,29)/b15-8-/t13-/m1/s1. The molecule has 1 atom stereocenters. The Bertz CT molecular complexity index is 1020. The number of nitrogens with zero attached hydrogens (tertiary/aromatic N) is 2. The average molecular weight is 392 g/mol. The van der Waals surface area contributed by atoms with Gasteiger partial charge in [0.15, 0.2) is 0 Å². The maximum Gasteiger partial charge on any atom is 0.256 e. The summed E-state index contributed by atoms with van der Waals surface area (Å²) in [4.78, 5) is 35.5. The molecule has 5 heterocycles. The Morgan fingerprint density at radius 2 is 2.03 bits per heavy atom. The molecule has 8 nitrogen and oxygen atoms in total. The predicted octanol–water partition coefficient (Wildman–Crippen LogP) is 1.51. The zero-order valence-corrected chi connectivity index (χ0v) is 16.3. The molecule has 29 heavy (non-hydrogen) atoms. The second kappa shape index (κ2) is 7.04. The van der Waals surface area contributed by atoms with Gasteiger partial charge in [0.05, 0.1) is 28.7 Å². The molecule has 2 amide bonds. The summed E-state index contributed by atoms with van der Waals surface area (Å²) in [6.45, 7) is 4.94. The highest BCUT2D eigenvalue weighted by molar-refractivity contribution is 6.35. The number of pyridine rings is 1. The van der Waals surface area contributed by atoms with Crippen LogP contribution in [0.1, 0.15) is 40.2 Å². The van der Waals surface area contributed by atoms with E-state index in [2.05, 4.69) is 30.8 Å². The van der Waals surface area contributed by atoms with Gasteiger partial charge >= 0.3 is 0 Å². The molecule has 0 aliphatic carbocycles. The maximum absolute atomic E-state index is 12.7. The zero-order chi connectivity index (χ0) is 20.0. The van der Waals surface area contributed by atoms with Crippen LogP contribution >= 0.6 is 0 Å². The van der Waals surface area contributed by atoms with Crippen LogP contribution in [0.4, 0.5) is 11.5 Å². The molecular weight excluding hydrogens is 368 g/mol. The van der Waals surface area contributed by atoms with E-state index in [1.807, 2.05) is 19.1 Å². The second-order valence-corrected chi connectivity index (χ2v) is 7.83. The van der Waals surface area contributed by atoms with Gasteiger partial charge in [0.25, 0.3) is 11.8 Å². The van der Waals surface area contributed by atoms with Crippen LogP contribution in [0, 0.1) is 6.92 Å². The van der Waals surface area contributed by atoms with Gasteiger partial charge in [0.2, 0.25) is 0 Å². The van der Waals surface area contributed by atoms with Crippen molar-refractivity contribution < 1.29 is 9.59 Å². The lowest BCUT2D eigenvalue weighted by molar-refractivity contribution is -0.110. The summed E-state index contributed by atoms with van der Waals surface area (Å²) in [6.07, 6.45) is 5.72. The molecular formula is C21H24N6O2. The first kappa shape index (κ1) is 17.9. The van der Waals surface area contributed by atoms with E-state index in [-0.39, 0.29) is 11.8 Å². The first-order chi connectivity index (χ1) is 14.1. The number of aryl methyl sites for hydroxylation is 1. The molecule has 2 aromatic rings. The molecule has 2 aromatic heterocycles. The number of hydrogen-bond acceptors (Lipinski definition) is 5. The van der Waals surface area contributed by atoms with Crippen molar-refractivity contribution in [2.45, 2.75) is 25.8 Å². The molecule has 0 unspecified atom stereocenters. The van der Waals surface area contributed by atoms with Gasteiger partial charge in [-0.3, -0.25) is 9.59 Å². The Kier molecular flexibility index (Phi) is 4.35. The Morgan fingerprint density at radius 3 is 2.93 bits per heavy atom. The quantitative estimate of drug-likeness (QED) is 0.544. The number of rotatable bonds is 0. The molecule has 0 aromatic carbocycles. The van der Waals surface area contributed by atoms with Gasteiger partial charge in [-0.25, -0.2) is 4.98 Å². The van der Waals surface area contributed by atoms with E-state index in [0.717, 1.165) is 43.0 Å². The fourth-order valence-electron chi connectivity index (χ4n) is 4.41.